The molecular weight excluding hydrogens is 584 g/mol. The van der Waals surface area contributed by atoms with Crippen LogP contribution in [-0.4, -0.2) is 68.8 Å². The Morgan fingerprint density at radius 1 is 1.07 bits per heavy atom. The second kappa shape index (κ2) is 16.2. The van der Waals surface area contributed by atoms with Crippen LogP contribution in [0.5, 0.6) is 0 Å². The van der Waals surface area contributed by atoms with Crippen LogP contribution in [-0.2, 0) is 21.8 Å². The molecule has 10 nitrogen and oxygen atoms in total. The summed E-state index contributed by atoms with van der Waals surface area (Å²) in [6.07, 6.45) is 3.10. The van der Waals surface area contributed by atoms with Gasteiger partial charge in [0.1, 0.15) is 17.5 Å². The second-order valence-corrected chi connectivity index (χ2v) is 11.2. The van der Waals surface area contributed by atoms with Crippen LogP contribution in [0.4, 0.5) is 11.5 Å². The molecule has 0 spiro atoms. The first-order valence-electron chi connectivity index (χ1n) is 14.4. The van der Waals surface area contributed by atoms with Gasteiger partial charge in [-0.1, -0.05) is 43.8 Å². The first-order chi connectivity index (χ1) is 20.3. The highest BCUT2D eigenvalue weighted by Gasteiger charge is 2.25. The second-order valence-electron chi connectivity index (χ2n) is 10.2. The highest BCUT2D eigenvalue weighted by atomic mass is 35.5. The Morgan fingerprint density at radius 3 is 2.37 bits per heavy atom. The van der Waals surface area contributed by atoms with Crippen LogP contribution in [0.1, 0.15) is 57.0 Å². The van der Waals surface area contributed by atoms with Crippen molar-refractivity contribution in [1.82, 2.24) is 24.8 Å². The minimum absolute atomic E-state index is 0. The summed E-state index contributed by atoms with van der Waals surface area (Å²) < 4.78 is 0. The van der Waals surface area contributed by atoms with Crippen molar-refractivity contribution >= 4 is 47.5 Å². The Balaban J connectivity index is 0.00000506. The predicted molar refractivity (Wildman–Crippen MR) is 173 cm³/mol. The van der Waals surface area contributed by atoms with Crippen LogP contribution in [0.15, 0.2) is 47.6 Å². The molecule has 1 saturated heterocycles. The minimum atomic E-state index is -0.166. The van der Waals surface area contributed by atoms with Crippen molar-refractivity contribution in [3.8, 4) is 17.3 Å². The van der Waals surface area contributed by atoms with Crippen molar-refractivity contribution in [1.29, 1.82) is 5.26 Å². The van der Waals surface area contributed by atoms with E-state index in [-0.39, 0.29) is 35.6 Å². The third kappa shape index (κ3) is 9.13. The lowest BCUT2D eigenvalue weighted by atomic mass is 10.0. The summed E-state index contributed by atoms with van der Waals surface area (Å²) in [7, 11) is 0. The number of likely N-dealkylation sites (tertiary alicyclic amines) is 1. The molecule has 3 aromatic rings. The van der Waals surface area contributed by atoms with Gasteiger partial charge in [-0.05, 0) is 56.6 Å². The van der Waals surface area contributed by atoms with Gasteiger partial charge in [-0.15, -0.1) is 12.4 Å². The number of nitrogens with zero attached hydrogens (tertiary/aromatic N) is 6. The number of hydrogen-bond acceptors (Lipinski definition) is 9. The van der Waals surface area contributed by atoms with Gasteiger partial charge in [0.25, 0.3) is 0 Å². The van der Waals surface area contributed by atoms with E-state index in [0.717, 1.165) is 50.4 Å². The monoisotopic (exact) mass is 622 g/mol. The van der Waals surface area contributed by atoms with E-state index in [1.165, 1.54) is 18.7 Å². The molecule has 12 heteroatoms. The maximum Gasteiger partial charge on any atom is 0.222 e. The number of nitrogen functional groups attached to an aromatic ring is 1. The maximum absolute atomic E-state index is 12.9. The molecule has 2 amide bonds. The molecule has 0 saturated carbocycles. The number of nitrogens with one attached hydrogen (secondary N) is 1. The summed E-state index contributed by atoms with van der Waals surface area (Å²) in [6.45, 7) is 9.58. The zero-order valence-corrected chi connectivity index (χ0v) is 26.5. The van der Waals surface area contributed by atoms with Crippen molar-refractivity contribution in [2.45, 2.75) is 63.4 Å². The van der Waals surface area contributed by atoms with Crippen molar-refractivity contribution in [2.75, 3.05) is 37.2 Å². The van der Waals surface area contributed by atoms with Crippen LogP contribution in [0, 0.1) is 11.3 Å². The van der Waals surface area contributed by atoms with Crippen LogP contribution in [0.25, 0.3) is 11.3 Å². The van der Waals surface area contributed by atoms with Crippen molar-refractivity contribution in [3.05, 3.63) is 59.4 Å². The Morgan fingerprint density at radius 2 is 1.74 bits per heavy atom. The molecule has 0 unspecified atom stereocenters. The molecule has 0 aliphatic carbocycles. The average molecular weight is 623 g/mol. The molecule has 2 aromatic heterocycles. The van der Waals surface area contributed by atoms with Crippen molar-refractivity contribution in [3.63, 3.8) is 0 Å². The number of thioether (sulfide) groups is 1. The molecule has 0 radical (unpaired) electrons. The molecule has 228 valence electrons. The van der Waals surface area contributed by atoms with E-state index in [0.29, 0.717) is 46.7 Å². The van der Waals surface area contributed by atoms with E-state index in [1.54, 1.807) is 24.3 Å². The van der Waals surface area contributed by atoms with Crippen molar-refractivity contribution < 1.29 is 9.59 Å². The number of rotatable bonds is 11. The van der Waals surface area contributed by atoms with Crippen LogP contribution >= 0.6 is 24.2 Å². The number of carbonyl (C=O) groups is 2. The maximum atomic E-state index is 12.9. The van der Waals surface area contributed by atoms with Gasteiger partial charge in [0, 0.05) is 55.2 Å². The summed E-state index contributed by atoms with van der Waals surface area (Å²) in [5, 5.41) is 12.8. The zero-order chi connectivity index (χ0) is 30.1. The van der Waals surface area contributed by atoms with E-state index in [4.69, 9.17) is 10.7 Å². The van der Waals surface area contributed by atoms with Gasteiger partial charge in [0.05, 0.1) is 11.4 Å². The minimum Gasteiger partial charge on any atom is -0.382 e. The number of aromatic nitrogens is 3. The normalized spacial score (nSPS) is 13.3. The molecule has 1 fully saturated rings. The number of halogens is 1. The quantitative estimate of drug-likeness (QED) is 0.225. The molecule has 0 bridgehead atoms. The third-order valence-corrected chi connectivity index (χ3v) is 8.34. The van der Waals surface area contributed by atoms with Crippen LogP contribution in [0.3, 0.4) is 0 Å². The number of benzene rings is 1. The summed E-state index contributed by atoms with van der Waals surface area (Å²) in [4.78, 5) is 42.4. The molecule has 1 aliphatic heterocycles. The molecule has 3 heterocycles. The summed E-state index contributed by atoms with van der Waals surface area (Å²) >= 11 is 1.38. The Hall–Kier alpha value is -3.72. The largest absolute Gasteiger partial charge is 0.382 e. The van der Waals surface area contributed by atoms with Crippen LogP contribution < -0.4 is 11.1 Å². The first kappa shape index (κ1) is 33.8. The number of piperidine rings is 1. The van der Waals surface area contributed by atoms with Gasteiger partial charge in [-0.3, -0.25) is 14.6 Å². The lowest BCUT2D eigenvalue weighted by molar-refractivity contribution is -0.132. The fraction of sp³-hybridized carbons (Fsp3) is 0.419. The first-order valence-corrected chi connectivity index (χ1v) is 15.3. The fourth-order valence-corrected chi connectivity index (χ4v) is 6.01. The fourth-order valence-electron chi connectivity index (χ4n) is 5.26. The van der Waals surface area contributed by atoms with Gasteiger partial charge in [-0.2, -0.15) is 5.26 Å². The van der Waals surface area contributed by atoms with E-state index < -0.39 is 0 Å². The summed E-state index contributed by atoms with van der Waals surface area (Å²) in [6, 6.07) is 15.6. The lowest BCUT2D eigenvalue weighted by Gasteiger charge is -2.37. The average Bonchev–Trinajstić information content (AvgIpc) is 3.00. The van der Waals surface area contributed by atoms with Gasteiger partial charge in [-0.25, -0.2) is 9.97 Å². The molecule has 43 heavy (non-hydrogen) atoms. The van der Waals surface area contributed by atoms with Gasteiger partial charge >= 0.3 is 0 Å². The molecule has 0 atom stereocenters. The molecule has 4 rings (SSSR count). The van der Waals surface area contributed by atoms with Crippen LogP contribution in [0.2, 0.25) is 0 Å². The van der Waals surface area contributed by atoms with E-state index >= 15 is 0 Å². The Labute approximate surface area is 263 Å². The van der Waals surface area contributed by atoms with Gasteiger partial charge < -0.3 is 20.9 Å². The molecule has 1 aliphatic rings. The Kier molecular flexibility index (Phi) is 12.7. The number of pyridine rings is 1. The number of amides is 2. The zero-order valence-electron chi connectivity index (χ0n) is 24.9. The topological polar surface area (TPSA) is 141 Å². The van der Waals surface area contributed by atoms with Crippen molar-refractivity contribution in [2.24, 2.45) is 0 Å². The highest BCUT2D eigenvalue weighted by molar-refractivity contribution is 7.98. The number of nitriles is 1. The number of carbonyl (C=O) groups excluding carboxylic acids is 2. The van der Waals surface area contributed by atoms with E-state index in [9.17, 15) is 14.9 Å². The van der Waals surface area contributed by atoms with Gasteiger partial charge in [0.15, 0.2) is 5.16 Å². The number of nitrogens with two attached hydrogens (primary N) is 1. The smallest absolute Gasteiger partial charge is 0.222 e. The third-order valence-electron chi connectivity index (χ3n) is 7.46. The van der Waals surface area contributed by atoms with E-state index in [1.807, 2.05) is 23.1 Å². The molecule has 1 aromatic carbocycles. The Bertz CT molecular complexity index is 1430. The number of hydrogen-bond donors (Lipinski definition) is 2. The lowest BCUT2D eigenvalue weighted by Crippen LogP contribution is -2.46. The molecular formula is C31H39ClN8O2S. The predicted octanol–water partition coefficient (Wildman–Crippen LogP) is 4.93. The standard InChI is InChI=1S/C31H38N8O2S.ClH/c1-4-38(5-2)26-15-17-39(18-16-26)28(41)14-13-23-7-6-8-25(35-23)20-42-31-36-29(27(19-32)30(33)37-31)22-9-11-24(12-10-22)34-21(3)40;/h6-12,26H,4-5,13-18,20H2,1-3H3,(H,34,40)(H2,33,36,37);1H. The van der Waals surface area contributed by atoms with Gasteiger partial charge in [0.2, 0.25) is 11.8 Å². The number of aryl methyl sites for hydroxylation is 1. The highest BCUT2D eigenvalue weighted by Crippen LogP contribution is 2.29. The summed E-state index contributed by atoms with van der Waals surface area (Å²) in [5.41, 5.74) is 9.82. The SMILES string of the molecule is CCN(CC)C1CCN(C(=O)CCc2cccc(CSc3nc(N)c(C#N)c(-c4ccc(NC(C)=O)cc4)n3)n2)CC1.Cl. The summed E-state index contributed by atoms with van der Waals surface area (Å²) in [5.74, 6) is 0.638. The molecule has 3 N–H and O–H groups in total. The van der Waals surface area contributed by atoms with E-state index in [2.05, 4.69) is 40.1 Å². The number of anilines is 2.